The standard InChI is InChI=1S/C19H23N3O6S2/c20-15-2-4-16(5-3-15)29(23,24)21-8-1-9-22(11-10-21)30(25,26)17-6-7-18-19(14-17)28-13-12-27-18/h2-7,14H,1,8-13,20H2. The maximum atomic E-state index is 13.1. The molecule has 4 rings (SSSR count). The molecule has 0 atom stereocenters. The van der Waals surface area contributed by atoms with Crippen LogP contribution < -0.4 is 15.2 Å². The van der Waals surface area contributed by atoms with E-state index in [0.717, 1.165) is 0 Å². The Labute approximate surface area is 176 Å². The molecule has 9 nitrogen and oxygen atoms in total. The van der Waals surface area contributed by atoms with E-state index in [1.165, 1.54) is 45.0 Å². The first-order valence-corrected chi connectivity index (χ1v) is 12.4. The minimum Gasteiger partial charge on any atom is -0.486 e. The van der Waals surface area contributed by atoms with Crippen molar-refractivity contribution in [3.05, 3.63) is 42.5 Å². The number of nitrogen functional groups attached to an aromatic ring is 1. The van der Waals surface area contributed by atoms with Crippen molar-refractivity contribution in [1.82, 2.24) is 8.61 Å². The van der Waals surface area contributed by atoms with E-state index in [2.05, 4.69) is 0 Å². The molecule has 0 radical (unpaired) electrons. The summed E-state index contributed by atoms with van der Waals surface area (Å²) in [7, 11) is -7.53. The summed E-state index contributed by atoms with van der Waals surface area (Å²) in [5, 5.41) is 0. The van der Waals surface area contributed by atoms with Crippen LogP contribution in [0, 0.1) is 0 Å². The van der Waals surface area contributed by atoms with Gasteiger partial charge in [0.15, 0.2) is 11.5 Å². The van der Waals surface area contributed by atoms with Gasteiger partial charge in [0.25, 0.3) is 0 Å². The molecule has 162 valence electrons. The summed E-state index contributed by atoms with van der Waals surface area (Å²) >= 11 is 0. The molecular formula is C19H23N3O6S2. The molecule has 2 aromatic rings. The van der Waals surface area contributed by atoms with Crippen molar-refractivity contribution in [3.63, 3.8) is 0 Å². The van der Waals surface area contributed by atoms with Crippen LogP contribution in [0.5, 0.6) is 11.5 Å². The maximum absolute atomic E-state index is 13.1. The third-order valence-electron chi connectivity index (χ3n) is 5.08. The first-order valence-electron chi connectivity index (χ1n) is 9.54. The van der Waals surface area contributed by atoms with Crippen LogP contribution in [-0.4, -0.2) is 64.8 Å². The van der Waals surface area contributed by atoms with Gasteiger partial charge in [-0.05, 0) is 42.8 Å². The van der Waals surface area contributed by atoms with Crippen LogP contribution in [-0.2, 0) is 20.0 Å². The minimum atomic E-state index is -3.80. The fourth-order valence-corrected chi connectivity index (χ4v) is 6.43. The lowest BCUT2D eigenvalue weighted by Gasteiger charge is -2.23. The van der Waals surface area contributed by atoms with Gasteiger partial charge in [-0.3, -0.25) is 0 Å². The van der Waals surface area contributed by atoms with E-state index >= 15 is 0 Å². The van der Waals surface area contributed by atoms with Gasteiger partial charge in [-0.1, -0.05) is 0 Å². The lowest BCUT2D eigenvalue weighted by Crippen LogP contribution is -2.37. The zero-order valence-electron chi connectivity index (χ0n) is 16.2. The van der Waals surface area contributed by atoms with Crippen LogP contribution in [0.2, 0.25) is 0 Å². The Bertz CT molecular complexity index is 1130. The van der Waals surface area contributed by atoms with Crippen LogP contribution in [0.15, 0.2) is 52.3 Å². The summed E-state index contributed by atoms with van der Waals surface area (Å²) in [6.07, 6.45) is 0.387. The monoisotopic (exact) mass is 453 g/mol. The third kappa shape index (κ3) is 3.97. The van der Waals surface area contributed by atoms with E-state index in [1.807, 2.05) is 0 Å². The van der Waals surface area contributed by atoms with Crippen LogP contribution in [0.4, 0.5) is 5.69 Å². The van der Waals surface area contributed by atoms with Crippen LogP contribution in [0.1, 0.15) is 6.42 Å². The summed E-state index contributed by atoms with van der Waals surface area (Å²) in [6.45, 7) is 1.37. The zero-order chi connectivity index (χ0) is 21.4. The Morgan fingerprint density at radius 2 is 1.23 bits per heavy atom. The topological polar surface area (TPSA) is 119 Å². The Morgan fingerprint density at radius 1 is 0.700 bits per heavy atom. The normalized spacial score (nSPS) is 18.7. The Morgan fingerprint density at radius 3 is 1.87 bits per heavy atom. The molecule has 0 bridgehead atoms. The number of rotatable bonds is 4. The van der Waals surface area contributed by atoms with E-state index in [0.29, 0.717) is 36.8 Å². The molecule has 30 heavy (non-hydrogen) atoms. The highest BCUT2D eigenvalue weighted by Gasteiger charge is 2.32. The molecule has 0 unspecified atom stereocenters. The molecule has 1 saturated heterocycles. The number of sulfonamides is 2. The summed E-state index contributed by atoms with van der Waals surface area (Å²) in [5.74, 6) is 0.904. The highest BCUT2D eigenvalue weighted by molar-refractivity contribution is 7.89. The molecule has 11 heteroatoms. The lowest BCUT2D eigenvalue weighted by atomic mass is 10.3. The van der Waals surface area contributed by atoms with Crippen molar-refractivity contribution in [1.29, 1.82) is 0 Å². The van der Waals surface area contributed by atoms with Crippen LogP contribution in [0.25, 0.3) is 0 Å². The maximum Gasteiger partial charge on any atom is 0.243 e. The van der Waals surface area contributed by atoms with E-state index in [9.17, 15) is 16.8 Å². The first-order chi connectivity index (χ1) is 14.3. The second kappa shape index (κ2) is 8.06. The van der Waals surface area contributed by atoms with Crippen molar-refractivity contribution in [3.8, 4) is 11.5 Å². The van der Waals surface area contributed by atoms with Crippen molar-refractivity contribution < 1.29 is 26.3 Å². The number of benzene rings is 2. The molecule has 2 aliphatic rings. The predicted molar refractivity (Wildman–Crippen MR) is 110 cm³/mol. The molecule has 0 aliphatic carbocycles. The number of nitrogens with zero attached hydrogens (tertiary/aromatic N) is 2. The summed E-state index contributed by atoms with van der Waals surface area (Å²) in [6, 6.07) is 10.5. The van der Waals surface area contributed by atoms with Crippen molar-refractivity contribution in [2.45, 2.75) is 16.2 Å². The van der Waals surface area contributed by atoms with Gasteiger partial charge in [0, 0.05) is 37.9 Å². The molecule has 2 N–H and O–H groups in total. The van der Waals surface area contributed by atoms with Crippen LogP contribution >= 0.6 is 0 Å². The van der Waals surface area contributed by atoms with Gasteiger partial charge < -0.3 is 15.2 Å². The Hall–Kier alpha value is -2.34. The van der Waals surface area contributed by atoms with E-state index in [1.54, 1.807) is 6.07 Å². The van der Waals surface area contributed by atoms with Crippen molar-refractivity contribution in [2.24, 2.45) is 0 Å². The van der Waals surface area contributed by atoms with Gasteiger partial charge in [0.1, 0.15) is 13.2 Å². The minimum absolute atomic E-state index is 0.0605. The van der Waals surface area contributed by atoms with Gasteiger partial charge in [-0.2, -0.15) is 8.61 Å². The fraction of sp³-hybridized carbons (Fsp3) is 0.368. The van der Waals surface area contributed by atoms with Crippen molar-refractivity contribution in [2.75, 3.05) is 45.1 Å². The van der Waals surface area contributed by atoms with Gasteiger partial charge in [-0.15, -0.1) is 0 Å². The smallest absolute Gasteiger partial charge is 0.243 e. The molecule has 2 heterocycles. The predicted octanol–water partition coefficient (Wildman–Crippen LogP) is 1.13. The van der Waals surface area contributed by atoms with Gasteiger partial charge in [0.2, 0.25) is 20.0 Å². The Balaban J connectivity index is 1.53. The number of fused-ring (bicyclic) bond motifs is 1. The number of anilines is 1. The highest BCUT2D eigenvalue weighted by atomic mass is 32.2. The number of hydrogen-bond donors (Lipinski definition) is 1. The average molecular weight is 454 g/mol. The lowest BCUT2D eigenvalue weighted by molar-refractivity contribution is 0.171. The van der Waals surface area contributed by atoms with Crippen LogP contribution in [0.3, 0.4) is 0 Å². The molecule has 0 amide bonds. The number of ether oxygens (including phenoxy) is 2. The summed E-state index contributed by atoms with van der Waals surface area (Å²) in [4.78, 5) is 0.237. The quantitative estimate of drug-likeness (QED) is 0.689. The average Bonchev–Trinajstić information content (AvgIpc) is 3.01. The molecule has 1 fully saturated rings. The second-order valence-corrected chi connectivity index (χ2v) is 10.9. The number of nitrogens with two attached hydrogens (primary N) is 1. The third-order valence-corrected chi connectivity index (χ3v) is 8.89. The van der Waals surface area contributed by atoms with Gasteiger partial charge >= 0.3 is 0 Å². The first kappa shape index (κ1) is 20.9. The van der Waals surface area contributed by atoms with E-state index in [-0.39, 0.29) is 36.0 Å². The van der Waals surface area contributed by atoms with Gasteiger partial charge in [0.05, 0.1) is 9.79 Å². The summed E-state index contributed by atoms with van der Waals surface area (Å²) in [5.41, 5.74) is 6.11. The second-order valence-electron chi connectivity index (χ2n) is 7.04. The molecule has 0 aromatic heterocycles. The molecule has 2 aliphatic heterocycles. The van der Waals surface area contributed by atoms with E-state index in [4.69, 9.17) is 15.2 Å². The molecular weight excluding hydrogens is 430 g/mol. The number of hydrogen-bond acceptors (Lipinski definition) is 7. The van der Waals surface area contributed by atoms with Crippen molar-refractivity contribution >= 4 is 25.7 Å². The molecule has 0 saturated carbocycles. The fourth-order valence-electron chi connectivity index (χ4n) is 3.47. The Kier molecular flexibility index (Phi) is 5.62. The van der Waals surface area contributed by atoms with Gasteiger partial charge in [-0.25, -0.2) is 16.8 Å². The largest absolute Gasteiger partial charge is 0.486 e. The zero-order valence-corrected chi connectivity index (χ0v) is 17.9. The summed E-state index contributed by atoms with van der Waals surface area (Å²) < 4.78 is 65.7. The SMILES string of the molecule is Nc1ccc(S(=O)(=O)N2CCCN(S(=O)(=O)c3ccc4c(c3)OCCO4)CC2)cc1. The molecule has 0 spiro atoms. The molecule has 2 aromatic carbocycles. The highest BCUT2D eigenvalue weighted by Crippen LogP contribution is 2.33. The van der Waals surface area contributed by atoms with E-state index < -0.39 is 20.0 Å².